The predicted molar refractivity (Wildman–Crippen MR) is 135 cm³/mol. The van der Waals surface area contributed by atoms with Gasteiger partial charge in [0.05, 0.1) is 17.4 Å². The number of fused-ring (bicyclic) bond motifs is 1. The third-order valence-corrected chi connectivity index (χ3v) is 8.18. The van der Waals surface area contributed by atoms with E-state index in [0.717, 1.165) is 45.8 Å². The molecule has 1 saturated carbocycles. The molecule has 0 amide bonds. The van der Waals surface area contributed by atoms with Crippen LogP contribution in [0.4, 0.5) is 5.69 Å². The Bertz CT molecular complexity index is 1150. The van der Waals surface area contributed by atoms with E-state index >= 15 is 0 Å². The van der Waals surface area contributed by atoms with E-state index in [-0.39, 0.29) is 12.2 Å². The van der Waals surface area contributed by atoms with Crippen molar-refractivity contribution in [2.45, 2.75) is 66.6 Å². The van der Waals surface area contributed by atoms with Gasteiger partial charge in [-0.3, -0.25) is 0 Å². The van der Waals surface area contributed by atoms with Crippen LogP contribution < -0.4 is 5.32 Å². The first kappa shape index (κ1) is 22.3. The lowest BCUT2D eigenvalue weighted by atomic mass is 9.48. The van der Waals surface area contributed by atoms with E-state index in [1.54, 1.807) is 0 Å². The van der Waals surface area contributed by atoms with E-state index in [1.807, 2.05) is 12.1 Å². The number of benzene rings is 1. The van der Waals surface area contributed by atoms with Gasteiger partial charge < -0.3 is 5.32 Å². The van der Waals surface area contributed by atoms with Crippen molar-refractivity contribution in [3.05, 3.63) is 75.8 Å². The lowest BCUT2D eigenvalue weighted by molar-refractivity contribution is -0.0115. The van der Waals surface area contributed by atoms with Crippen LogP contribution in [0.1, 0.15) is 55.6 Å². The average molecular weight is 464 g/mol. The highest BCUT2D eigenvalue weighted by Gasteiger charge is 2.53. The van der Waals surface area contributed by atoms with Crippen molar-refractivity contribution in [1.82, 2.24) is 19.6 Å². The summed E-state index contributed by atoms with van der Waals surface area (Å²) in [5.41, 5.74) is 7.15. The van der Waals surface area contributed by atoms with Crippen LogP contribution in [0.3, 0.4) is 0 Å². The Hall–Kier alpha value is -2.53. The second kappa shape index (κ2) is 8.05. The van der Waals surface area contributed by atoms with E-state index in [4.69, 9.17) is 21.8 Å². The van der Waals surface area contributed by atoms with Crippen molar-refractivity contribution < 1.29 is 0 Å². The summed E-state index contributed by atoms with van der Waals surface area (Å²) in [5.74, 6) is 1.33. The quantitative estimate of drug-likeness (QED) is 0.425. The lowest BCUT2D eigenvalue weighted by Gasteiger charge is -2.58. The highest BCUT2D eigenvalue weighted by atomic mass is 35.5. The molecule has 3 aliphatic carbocycles. The molecule has 0 spiro atoms. The number of aromatic nitrogens is 4. The van der Waals surface area contributed by atoms with Crippen LogP contribution in [0.2, 0.25) is 5.02 Å². The van der Waals surface area contributed by atoms with Gasteiger partial charge in [0.15, 0.2) is 6.17 Å². The van der Waals surface area contributed by atoms with E-state index < -0.39 is 0 Å². The molecule has 6 heteroatoms. The molecule has 1 fully saturated rings. The molecule has 3 atom stereocenters. The fourth-order valence-electron chi connectivity index (χ4n) is 6.02. The second-order valence-electron chi connectivity index (χ2n) is 10.5. The predicted octanol–water partition coefficient (Wildman–Crippen LogP) is 6.49. The van der Waals surface area contributed by atoms with Gasteiger partial charge in [-0.15, -0.1) is 0 Å². The Morgan fingerprint density at radius 1 is 0.970 bits per heavy atom. The zero-order chi connectivity index (χ0) is 23.5. The van der Waals surface area contributed by atoms with Gasteiger partial charge >= 0.3 is 0 Å². The van der Waals surface area contributed by atoms with E-state index in [1.165, 1.54) is 12.0 Å². The summed E-state index contributed by atoms with van der Waals surface area (Å²) < 4.78 is 4.31. The van der Waals surface area contributed by atoms with Crippen molar-refractivity contribution in [2.24, 2.45) is 17.3 Å². The van der Waals surface area contributed by atoms with Crippen LogP contribution in [0.25, 0.3) is 0 Å². The summed E-state index contributed by atoms with van der Waals surface area (Å²) in [6.45, 7) is 13.2. The Morgan fingerprint density at radius 2 is 1.55 bits per heavy atom. The molecule has 0 saturated heterocycles. The number of allylic oxidation sites excluding steroid dienone is 1. The Balaban J connectivity index is 1.67. The first-order valence-corrected chi connectivity index (χ1v) is 12.3. The van der Waals surface area contributed by atoms with E-state index in [2.05, 4.69) is 86.6 Å². The summed E-state index contributed by atoms with van der Waals surface area (Å²) in [6.07, 6.45) is 4.77. The maximum absolute atomic E-state index is 6.20. The maximum atomic E-state index is 6.20. The highest BCUT2D eigenvalue weighted by molar-refractivity contribution is 6.30. The minimum absolute atomic E-state index is 0.00713. The van der Waals surface area contributed by atoms with Gasteiger partial charge in [0.2, 0.25) is 0 Å². The van der Waals surface area contributed by atoms with Crippen molar-refractivity contribution in [3.63, 3.8) is 0 Å². The first-order valence-electron chi connectivity index (χ1n) is 11.9. The number of hydrogen-bond acceptors (Lipinski definition) is 3. The Labute approximate surface area is 201 Å². The van der Waals surface area contributed by atoms with Gasteiger partial charge in [0.1, 0.15) is 0 Å². The zero-order valence-corrected chi connectivity index (χ0v) is 21.2. The SMILES string of the molecule is Cc1cc(C)n(C([C@H](Nc2ccc(Cl)cc2)C2=CC[C@H]3C[C@@H]2C3(C)C)n2nc(C)cc2C)n1. The van der Waals surface area contributed by atoms with Gasteiger partial charge in [-0.1, -0.05) is 31.5 Å². The van der Waals surface area contributed by atoms with Crippen molar-refractivity contribution >= 4 is 17.3 Å². The Kier molecular flexibility index (Phi) is 5.43. The van der Waals surface area contributed by atoms with E-state index in [0.29, 0.717) is 11.3 Å². The molecule has 0 aliphatic heterocycles. The number of nitrogens with one attached hydrogen (secondary N) is 1. The monoisotopic (exact) mass is 463 g/mol. The molecular formula is C27H34ClN5. The molecule has 1 N–H and O–H groups in total. The molecular weight excluding hydrogens is 430 g/mol. The van der Waals surface area contributed by atoms with Crippen molar-refractivity contribution in [1.29, 1.82) is 0 Å². The topological polar surface area (TPSA) is 47.7 Å². The normalized spacial score (nSPS) is 22.1. The third kappa shape index (κ3) is 3.80. The van der Waals surface area contributed by atoms with Gasteiger partial charge in [0.25, 0.3) is 0 Å². The summed E-state index contributed by atoms with van der Waals surface area (Å²) in [6, 6.07) is 12.3. The maximum Gasteiger partial charge on any atom is 0.167 e. The minimum atomic E-state index is -0.123. The molecule has 33 heavy (non-hydrogen) atoms. The highest BCUT2D eigenvalue weighted by Crippen LogP contribution is 2.60. The van der Waals surface area contributed by atoms with Crippen LogP contribution >= 0.6 is 11.6 Å². The number of anilines is 1. The molecule has 6 rings (SSSR count). The Morgan fingerprint density at radius 3 is 2.00 bits per heavy atom. The lowest BCUT2D eigenvalue weighted by Crippen LogP contribution is -2.53. The molecule has 0 radical (unpaired) electrons. The molecule has 3 aromatic rings. The molecule has 0 unspecified atom stereocenters. The fraction of sp³-hybridized carbons (Fsp3) is 0.481. The van der Waals surface area contributed by atoms with Gasteiger partial charge in [-0.25, -0.2) is 9.36 Å². The summed E-state index contributed by atoms with van der Waals surface area (Å²) in [4.78, 5) is 0. The number of hydrogen-bond donors (Lipinski definition) is 1. The number of aryl methyl sites for hydroxylation is 4. The molecule has 2 bridgehead atoms. The van der Waals surface area contributed by atoms with Crippen molar-refractivity contribution in [2.75, 3.05) is 5.32 Å². The summed E-state index contributed by atoms with van der Waals surface area (Å²) in [7, 11) is 0. The second-order valence-corrected chi connectivity index (χ2v) is 11.0. The van der Waals surface area contributed by atoms with Gasteiger partial charge in [0, 0.05) is 22.1 Å². The molecule has 2 aromatic heterocycles. The van der Waals surface area contributed by atoms with Crippen LogP contribution in [0.15, 0.2) is 48.0 Å². The smallest absolute Gasteiger partial charge is 0.167 e. The van der Waals surface area contributed by atoms with Gasteiger partial charge in [-0.05, 0) is 99.8 Å². The standard InChI is InChI=1S/C27H34ClN5/c1-16-13-18(3)32(30-16)26(33-19(4)14-17(2)31-33)25(29-22-10-8-21(28)9-11-22)23-12-7-20-15-24(23)27(20,5)6/h8-14,20,24-26,29H,7,15H2,1-6H3/t20-,24-,25+/m0/s1. The number of rotatable bonds is 6. The van der Waals surface area contributed by atoms with Gasteiger partial charge in [-0.2, -0.15) is 10.2 Å². The molecule has 1 aromatic carbocycles. The minimum Gasteiger partial charge on any atom is -0.375 e. The number of halogens is 1. The summed E-state index contributed by atoms with van der Waals surface area (Å²) >= 11 is 6.20. The van der Waals surface area contributed by atoms with E-state index in [9.17, 15) is 0 Å². The molecule has 3 aliphatic rings. The zero-order valence-electron chi connectivity index (χ0n) is 20.4. The number of nitrogens with zero attached hydrogens (tertiary/aromatic N) is 4. The average Bonchev–Trinajstić information content (AvgIpc) is 3.28. The fourth-order valence-corrected chi connectivity index (χ4v) is 6.14. The van der Waals surface area contributed by atoms with Crippen molar-refractivity contribution in [3.8, 4) is 0 Å². The van der Waals surface area contributed by atoms with Crippen LogP contribution in [0.5, 0.6) is 0 Å². The molecule has 2 heterocycles. The van der Waals surface area contributed by atoms with Crippen LogP contribution in [-0.2, 0) is 0 Å². The largest absolute Gasteiger partial charge is 0.375 e. The first-order chi connectivity index (χ1) is 15.6. The summed E-state index contributed by atoms with van der Waals surface area (Å²) in [5, 5.41) is 14.5. The molecule has 5 nitrogen and oxygen atoms in total. The third-order valence-electron chi connectivity index (χ3n) is 7.93. The molecule has 174 valence electrons. The van der Waals surface area contributed by atoms with Crippen LogP contribution in [0, 0.1) is 44.9 Å². The van der Waals surface area contributed by atoms with Crippen LogP contribution in [-0.4, -0.2) is 25.6 Å².